The van der Waals surface area contributed by atoms with E-state index >= 15 is 0 Å². The van der Waals surface area contributed by atoms with E-state index in [1.807, 2.05) is 6.07 Å². The lowest BCUT2D eigenvalue weighted by molar-refractivity contribution is -0.123. The average Bonchev–Trinajstić information content (AvgIpc) is 2.98. The highest BCUT2D eigenvalue weighted by Gasteiger charge is 2.16. The Morgan fingerprint density at radius 3 is 2.75 bits per heavy atom. The van der Waals surface area contributed by atoms with Gasteiger partial charge in [-0.1, -0.05) is 11.6 Å². The number of ether oxygens (including phenoxy) is 1. The zero-order chi connectivity index (χ0) is 14.4. The first-order chi connectivity index (χ1) is 9.69. The molecule has 0 fully saturated rings. The number of hydrogen-bond donors (Lipinski definition) is 1. The second-order valence-electron chi connectivity index (χ2n) is 3.89. The smallest absolute Gasteiger partial charge is 0.259 e. The molecule has 2 rings (SSSR count). The van der Waals surface area contributed by atoms with Gasteiger partial charge in [-0.2, -0.15) is 5.26 Å². The van der Waals surface area contributed by atoms with Crippen molar-refractivity contribution < 1.29 is 13.9 Å². The maximum absolute atomic E-state index is 11.7. The molecule has 0 aliphatic heterocycles. The monoisotopic (exact) mass is 290 g/mol. The fourth-order valence-electron chi connectivity index (χ4n) is 1.50. The molecule has 2 aromatic rings. The van der Waals surface area contributed by atoms with Crippen LogP contribution in [0.4, 0.5) is 0 Å². The van der Waals surface area contributed by atoms with Crippen LogP contribution in [0, 0.1) is 11.3 Å². The van der Waals surface area contributed by atoms with Gasteiger partial charge < -0.3 is 14.5 Å². The Bertz CT molecular complexity index is 602. The number of nitrogens with zero attached hydrogens (tertiary/aromatic N) is 1. The van der Waals surface area contributed by atoms with E-state index in [1.54, 1.807) is 36.4 Å². The van der Waals surface area contributed by atoms with Gasteiger partial charge in [0, 0.05) is 5.02 Å². The van der Waals surface area contributed by atoms with Gasteiger partial charge >= 0.3 is 0 Å². The number of carbonyl (C=O) groups is 1. The molecule has 102 valence electrons. The van der Waals surface area contributed by atoms with Crippen LogP contribution < -0.4 is 10.1 Å². The maximum Gasteiger partial charge on any atom is 0.259 e. The molecule has 0 saturated heterocycles. The molecule has 1 unspecified atom stereocenters. The Hall–Kier alpha value is -2.45. The van der Waals surface area contributed by atoms with Crippen LogP contribution in [0.25, 0.3) is 0 Å². The average molecular weight is 291 g/mol. The minimum atomic E-state index is -0.827. The van der Waals surface area contributed by atoms with Crippen LogP contribution in [0.5, 0.6) is 5.75 Å². The zero-order valence-electron chi connectivity index (χ0n) is 10.4. The summed E-state index contributed by atoms with van der Waals surface area (Å²) in [6.45, 7) is -0.194. The molecule has 1 amide bonds. The number of halogens is 1. The van der Waals surface area contributed by atoms with Crippen molar-refractivity contribution in [1.82, 2.24) is 5.32 Å². The van der Waals surface area contributed by atoms with Crippen LogP contribution in [0.3, 0.4) is 0 Å². The van der Waals surface area contributed by atoms with Crippen LogP contribution in [-0.2, 0) is 4.79 Å². The number of benzene rings is 1. The van der Waals surface area contributed by atoms with Gasteiger partial charge in [0.15, 0.2) is 12.6 Å². The summed E-state index contributed by atoms with van der Waals surface area (Å²) in [7, 11) is 0. The Morgan fingerprint density at radius 1 is 1.40 bits per heavy atom. The van der Waals surface area contributed by atoms with Gasteiger partial charge in [0.25, 0.3) is 5.91 Å². The largest absolute Gasteiger partial charge is 0.484 e. The van der Waals surface area contributed by atoms with E-state index in [9.17, 15) is 4.79 Å². The molecule has 0 aliphatic rings. The molecule has 0 bridgehead atoms. The summed E-state index contributed by atoms with van der Waals surface area (Å²) in [4.78, 5) is 11.7. The third-order valence-corrected chi connectivity index (χ3v) is 2.70. The second kappa shape index (κ2) is 6.64. The highest BCUT2D eigenvalue weighted by molar-refractivity contribution is 6.30. The first kappa shape index (κ1) is 14.0. The number of furan rings is 1. The summed E-state index contributed by atoms with van der Waals surface area (Å²) in [6, 6.07) is 11.0. The molecule has 1 N–H and O–H groups in total. The predicted octanol–water partition coefficient (Wildman–Crippen LogP) is 2.69. The first-order valence-corrected chi connectivity index (χ1v) is 6.17. The van der Waals surface area contributed by atoms with Crippen molar-refractivity contribution >= 4 is 17.5 Å². The number of hydrogen-bond acceptors (Lipinski definition) is 4. The second-order valence-corrected chi connectivity index (χ2v) is 4.32. The van der Waals surface area contributed by atoms with E-state index in [-0.39, 0.29) is 6.61 Å². The lowest BCUT2D eigenvalue weighted by Gasteiger charge is -2.10. The number of amides is 1. The molecule has 1 aromatic heterocycles. The van der Waals surface area contributed by atoms with Crippen LogP contribution in [0.15, 0.2) is 47.1 Å². The van der Waals surface area contributed by atoms with Crippen LogP contribution >= 0.6 is 11.6 Å². The minimum absolute atomic E-state index is 0.194. The Morgan fingerprint density at radius 2 is 2.15 bits per heavy atom. The Balaban J connectivity index is 1.86. The van der Waals surface area contributed by atoms with Gasteiger partial charge in [-0.3, -0.25) is 4.79 Å². The standard InChI is InChI=1S/C14H11ClN2O3/c15-10-3-5-11(6-4-10)20-9-14(18)17-12(8-16)13-2-1-7-19-13/h1-7,12H,9H2,(H,17,18). The molecule has 5 nitrogen and oxygen atoms in total. The van der Waals surface area contributed by atoms with E-state index in [2.05, 4.69) is 5.32 Å². The molecule has 1 atom stereocenters. The number of nitrogens with one attached hydrogen (secondary N) is 1. The van der Waals surface area contributed by atoms with Gasteiger partial charge in [0.2, 0.25) is 0 Å². The first-order valence-electron chi connectivity index (χ1n) is 5.80. The maximum atomic E-state index is 11.7. The van der Waals surface area contributed by atoms with E-state index < -0.39 is 11.9 Å². The highest BCUT2D eigenvalue weighted by atomic mass is 35.5. The molecule has 1 aromatic carbocycles. The van der Waals surface area contributed by atoms with Gasteiger partial charge in [-0.05, 0) is 36.4 Å². The molecule has 0 spiro atoms. The quantitative estimate of drug-likeness (QED) is 0.918. The van der Waals surface area contributed by atoms with Crippen LogP contribution in [0.1, 0.15) is 11.8 Å². The Kier molecular flexibility index (Phi) is 4.64. The molecule has 0 aliphatic carbocycles. The van der Waals surface area contributed by atoms with Crippen molar-refractivity contribution in [3.63, 3.8) is 0 Å². The normalized spacial score (nSPS) is 11.4. The minimum Gasteiger partial charge on any atom is -0.484 e. The molecule has 1 heterocycles. The van der Waals surface area contributed by atoms with Crippen LogP contribution in [0.2, 0.25) is 5.02 Å². The summed E-state index contributed by atoms with van der Waals surface area (Å²) in [5, 5.41) is 12.1. The SMILES string of the molecule is N#CC(NC(=O)COc1ccc(Cl)cc1)c1ccco1. The van der Waals surface area contributed by atoms with Crippen molar-refractivity contribution in [3.8, 4) is 11.8 Å². The van der Waals surface area contributed by atoms with Crippen molar-refractivity contribution in [2.75, 3.05) is 6.61 Å². The Labute approximate surface area is 120 Å². The fraction of sp³-hybridized carbons (Fsp3) is 0.143. The number of carbonyl (C=O) groups excluding carboxylic acids is 1. The van der Waals surface area contributed by atoms with Gasteiger partial charge in [0.1, 0.15) is 11.5 Å². The van der Waals surface area contributed by atoms with Crippen molar-refractivity contribution in [1.29, 1.82) is 5.26 Å². The molecule has 6 heteroatoms. The summed E-state index contributed by atoms with van der Waals surface area (Å²) in [6.07, 6.45) is 1.44. The molecular weight excluding hydrogens is 280 g/mol. The van der Waals surface area contributed by atoms with E-state index in [0.717, 1.165) is 0 Å². The van der Waals surface area contributed by atoms with Crippen molar-refractivity contribution in [3.05, 3.63) is 53.4 Å². The lowest BCUT2D eigenvalue weighted by Crippen LogP contribution is -2.31. The molecular formula is C14H11ClN2O3. The van der Waals surface area contributed by atoms with Crippen molar-refractivity contribution in [2.24, 2.45) is 0 Å². The van der Waals surface area contributed by atoms with E-state index in [4.69, 9.17) is 26.0 Å². The van der Waals surface area contributed by atoms with Gasteiger partial charge in [0.05, 0.1) is 12.3 Å². The predicted molar refractivity (Wildman–Crippen MR) is 72.2 cm³/mol. The van der Waals surface area contributed by atoms with Gasteiger partial charge in [-0.15, -0.1) is 0 Å². The van der Waals surface area contributed by atoms with Gasteiger partial charge in [-0.25, -0.2) is 0 Å². The highest BCUT2D eigenvalue weighted by Crippen LogP contribution is 2.16. The summed E-state index contributed by atoms with van der Waals surface area (Å²) >= 11 is 5.74. The molecule has 0 radical (unpaired) electrons. The van der Waals surface area contributed by atoms with E-state index in [1.165, 1.54) is 6.26 Å². The third-order valence-electron chi connectivity index (χ3n) is 2.45. The van der Waals surface area contributed by atoms with Crippen LogP contribution in [-0.4, -0.2) is 12.5 Å². The third kappa shape index (κ3) is 3.77. The number of rotatable bonds is 5. The fourth-order valence-corrected chi connectivity index (χ4v) is 1.63. The topological polar surface area (TPSA) is 75.3 Å². The molecule has 0 saturated carbocycles. The summed E-state index contributed by atoms with van der Waals surface area (Å²) in [5.41, 5.74) is 0. The zero-order valence-corrected chi connectivity index (χ0v) is 11.1. The summed E-state index contributed by atoms with van der Waals surface area (Å²) < 4.78 is 10.3. The lowest BCUT2D eigenvalue weighted by atomic mass is 10.2. The van der Waals surface area contributed by atoms with Crippen molar-refractivity contribution in [2.45, 2.75) is 6.04 Å². The summed E-state index contributed by atoms with van der Waals surface area (Å²) in [5.74, 6) is 0.492. The number of nitriles is 1. The molecule has 20 heavy (non-hydrogen) atoms. The van der Waals surface area contributed by atoms with E-state index in [0.29, 0.717) is 16.5 Å².